The molecule has 0 fully saturated rings. The van der Waals surface area contributed by atoms with Crippen molar-refractivity contribution in [2.24, 2.45) is 0 Å². The maximum Gasteiger partial charge on any atom is 0.374 e. The van der Waals surface area contributed by atoms with E-state index in [1.54, 1.807) is 26.0 Å². The third kappa shape index (κ3) is 2.57. The number of ether oxygens (including phenoxy) is 1. The summed E-state index contributed by atoms with van der Waals surface area (Å²) in [7, 11) is 0. The van der Waals surface area contributed by atoms with Crippen LogP contribution in [0.3, 0.4) is 0 Å². The Bertz CT molecular complexity index is 572. The van der Waals surface area contributed by atoms with Crippen LogP contribution in [0.15, 0.2) is 34.7 Å². The van der Waals surface area contributed by atoms with Crippen LogP contribution in [0.2, 0.25) is 5.02 Å². The lowest BCUT2D eigenvalue weighted by molar-refractivity contribution is 0.0488. The van der Waals surface area contributed by atoms with Crippen LogP contribution < -0.4 is 0 Å². The molecule has 0 atom stereocenters. The number of hydrogen-bond acceptors (Lipinski definition) is 3. The number of rotatable bonds is 3. The minimum absolute atomic E-state index is 0.212. The molecule has 0 unspecified atom stereocenters. The maximum absolute atomic E-state index is 11.6. The molecule has 0 saturated carbocycles. The predicted octanol–water partition coefficient (Wildman–Crippen LogP) is 4.09. The van der Waals surface area contributed by atoms with Crippen LogP contribution in [0.1, 0.15) is 23.2 Å². The van der Waals surface area contributed by atoms with Crippen LogP contribution in [-0.2, 0) is 4.74 Å². The summed E-state index contributed by atoms with van der Waals surface area (Å²) in [6.45, 7) is 3.88. The molecule has 1 aromatic carbocycles. The Balaban J connectivity index is 2.38. The Labute approximate surface area is 110 Å². The SMILES string of the molecule is CCOC(=O)c1cc(-c2cccc(Cl)c2)c(C)o1. The van der Waals surface area contributed by atoms with E-state index in [0.29, 0.717) is 17.4 Å². The van der Waals surface area contributed by atoms with E-state index >= 15 is 0 Å². The van der Waals surface area contributed by atoms with E-state index < -0.39 is 5.97 Å². The van der Waals surface area contributed by atoms with E-state index in [-0.39, 0.29) is 5.76 Å². The lowest BCUT2D eigenvalue weighted by Gasteiger charge is -1.98. The molecule has 0 spiro atoms. The number of furan rings is 1. The van der Waals surface area contributed by atoms with Gasteiger partial charge in [0.2, 0.25) is 5.76 Å². The number of hydrogen-bond donors (Lipinski definition) is 0. The zero-order valence-corrected chi connectivity index (χ0v) is 11.0. The van der Waals surface area contributed by atoms with E-state index in [1.807, 2.05) is 18.2 Å². The average molecular weight is 265 g/mol. The predicted molar refractivity (Wildman–Crippen MR) is 69.8 cm³/mol. The van der Waals surface area contributed by atoms with Gasteiger partial charge in [-0.15, -0.1) is 0 Å². The third-order valence-corrected chi connectivity index (χ3v) is 2.77. The molecule has 2 aromatic rings. The average Bonchev–Trinajstić information content (AvgIpc) is 2.72. The van der Waals surface area contributed by atoms with Crippen LogP contribution in [0.25, 0.3) is 11.1 Å². The van der Waals surface area contributed by atoms with E-state index in [1.165, 1.54) is 0 Å². The number of benzene rings is 1. The molecule has 0 aliphatic carbocycles. The molecule has 0 aliphatic heterocycles. The lowest BCUT2D eigenvalue weighted by Crippen LogP contribution is -2.02. The monoisotopic (exact) mass is 264 g/mol. The highest BCUT2D eigenvalue weighted by Crippen LogP contribution is 2.28. The summed E-state index contributed by atoms with van der Waals surface area (Å²) >= 11 is 5.94. The van der Waals surface area contributed by atoms with Gasteiger partial charge in [-0.3, -0.25) is 0 Å². The second-order valence-electron chi connectivity index (χ2n) is 3.81. The first kappa shape index (κ1) is 12.7. The molecule has 0 amide bonds. The number of aryl methyl sites for hydroxylation is 1. The second-order valence-corrected chi connectivity index (χ2v) is 4.25. The highest BCUT2D eigenvalue weighted by atomic mass is 35.5. The molecule has 18 heavy (non-hydrogen) atoms. The molecule has 0 radical (unpaired) electrons. The van der Waals surface area contributed by atoms with E-state index in [9.17, 15) is 4.79 Å². The minimum Gasteiger partial charge on any atom is -0.460 e. The lowest BCUT2D eigenvalue weighted by atomic mass is 10.1. The van der Waals surface area contributed by atoms with Crippen LogP contribution in [0.5, 0.6) is 0 Å². The summed E-state index contributed by atoms with van der Waals surface area (Å²) in [5.74, 6) is 0.429. The minimum atomic E-state index is -0.450. The topological polar surface area (TPSA) is 39.4 Å². The fourth-order valence-electron chi connectivity index (χ4n) is 1.73. The van der Waals surface area contributed by atoms with Crippen molar-refractivity contribution in [2.45, 2.75) is 13.8 Å². The molecule has 94 valence electrons. The van der Waals surface area contributed by atoms with E-state index in [0.717, 1.165) is 11.1 Å². The molecule has 0 bridgehead atoms. The van der Waals surface area contributed by atoms with Gasteiger partial charge in [-0.25, -0.2) is 4.79 Å². The van der Waals surface area contributed by atoms with Gasteiger partial charge in [0, 0.05) is 10.6 Å². The van der Waals surface area contributed by atoms with E-state index in [4.69, 9.17) is 20.8 Å². The molecule has 3 nitrogen and oxygen atoms in total. The van der Waals surface area contributed by atoms with E-state index in [2.05, 4.69) is 0 Å². The Kier molecular flexibility index (Phi) is 3.72. The first-order valence-corrected chi connectivity index (χ1v) is 6.03. The summed E-state index contributed by atoms with van der Waals surface area (Å²) < 4.78 is 10.3. The fourth-order valence-corrected chi connectivity index (χ4v) is 1.92. The quantitative estimate of drug-likeness (QED) is 0.784. The first-order chi connectivity index (χ1) is 8.61. The number of halogens is 1. The zero-order valence-electron chi connectivity index (χ0n) is 10.2. The Hall–Kier alpha value is -1.74. The normalized spacial score (nSPS) is 10.4. The molecule has 0 N–H and O–H groups in total. The van der Waals surface area contributed by atoms with Gasteiger partial charge in [-0.2, -0.15) is 0 Å². The molecular formula is C14H13ClO3. The molecule has 0 saturated heterocycles. The maximum atomic E-state index is 11.6. The number of esters is 1. The van der Waals surface area contributed by atoms with Gasteiger partial charge in [-0.05, 0) is 37.6 Å². The van der Waals surface area contributed by atoms with Gasteiger partial charge >= 0.3 is 5.97 Å². The Morgan fingerprint density at radius 2 is 2.17 bits per heavy atom. The van der Waals surface area contributed by atoms with Crippen molar-refractivity contribution in [1.29, 1.82) is 0 Å². The molecule has 4 heteroatoms. The third-order valence-electron chi connectivity index (χ3n) is 2.53. The molecule has 2 rings (SSSR count). The van der Waals surface area contributed by atoms with Crippen molar-refractivity contribution >= 4 is 17.6 Å². The summed E-state index contributed by atoms with van der Waals surface area (Å²) in [4.78, 5) is 11.6. The first-order valence-electron chi connectivity index (χ1n) is 5.65. The Morgan fingerprint density at radius 3 is 2.83 bits per heavy atom. The Morgan fingerprint density at radius 1 is 1.39 bits per heavy atom. The largest absolute Gasteiger partial charge is 0.460 e. The van der Waals surface area contributed by atoms with Crippen molar-refractivity contribution in [3.05, 3.63) is 46.9 Å². The van der Waals surface area contributed by atoms with Crippen molar-refractivity contribution in [2.75, 3.05) is 6.61 Å². The van der Waals surface area contributed by atoms with Gasteiger partial charge in [0.1, 0.15) is 5.76 Å². The summed E-state index contributed by atoms with van der Waals surface area (Å²) in [6.07, 6.45) is 0. The highest BCUT2D eigenvalue weighted by Gasteiger charge is 2.16. The highest BCUT2D eigenvalue weighted by molar-refractivity contribution is 6.30. The van der Waals surface area contributed by atoms with Crippen molar-refractivity contribution in [3.63, 3.8) is 0 Å². The van der Waals surface area contributed by atoms with Crippen LogP contribution >= 0.6 is 11.6 Å². The summed E-state index contributed by atoms with van der Waals surface area (Å²) in [5, 5.41) is 0.644. The van der Waals surface area contributed by atoms with Crippen LogP contribution in [0.4, 0.5) is 0 Å². The molecule has 0 aliphatic rings. The fraction of sp³-hybridized carbons (Fsp3) is 0.214. The van der Waals surface area contributed by atoms with Gasteiger partial charge in [-0.1, -0.05) is 23.7 Å². The standard InChI is InChI=1S/C14H13ClO3/c1-3-17-14(16)13-8-12(9(2)18-13)10-5-4-6-11(15)7-10/h4-8H,3H2,1-2H3. The number of carbonyl (C=O) groups is 1. The van der Waals surface area contributed by atoms with Gasteiger partial charge in [0.25, 0.3) is 0 Å². The molecule has 1 heterocycles. The van der Waals surface area contributed by atoms with Gasteiger partial charge < -0.3 is 9.15 Å². The molecule has 1 aromatic heterocycles. The summed E-state index contributed by atoms with van der Waals surface area (Å²) in [5.41, 5.74) is 1.76. The second kappa shape index (κ2) is 5.27. The number of carbonyl (C=O) groups excluding carboxylic acids is 1. The van der Waals surface area contributed by atoms with Crippen molar-refractivity contribution in [3.8, 4) is 11.1 Å². The van der Waals surface area contributed by atoms with Crippen LogP contribution in [0, 0.1) is 6.92 Å². The van der Waals surface area contributed by atoms with Crippen molar-refractivity contribution < 1.29 is 13.9 Å². The zero-order chi connectivity index (χ0) is 13.1. The van der Waals surface area contributed by atoms with Gasteiger partial charge in [0.15, 0.2) is 0 Å². The molecular weight excluding hydrogens is 252 g/mol. The van der Waals surface area contributed by atoms with Crippen molar-refractivity contribution in [1.82, 2.24) is 0 Å². The van der Waals surface area contributed by atoms with Gasteiger partial charge in [0.05, 0.1) is 6.61 Å². The van der Waals surface area contributed by atoms with Crippen LogP contribution in [-0.4, -0.2) is 12.6 Å². The smallest absolute Gasteiger partial charge is 0.374 e. The summed E-state index contributed by atoms with van der Waals surface area (Å²) in [6, 6.07) is 9.08.